The SMILES string of the molecule is C/C(=C\N(N)CC(F)CCn1ccc(NC(=O)OC(C)C)c(F)c1=O)C(=O)NCc1cccc(OC(F)(F)F)c1. The van der Waals surface area contributed by atoms with Crippen LogP contribution in [0.2, 0.25) is 0 Å². The summed E-state index contributed by atoms with van der Waals surface area (Å²) < 4.78 is 75.5. The highest BCUT2D eigenvalue weighted by Gasteiger charge is 2.31. The molecule has 0 fully saturated rings. The van der Waals surface area contributed by atoms with Gasteiger partial charge in [-0.05, 0) is 51.0 Å². The normalized spacial score (nSPS) is 12.6. The second-order valence-corrected chi connectivity index (χ2v) is 8.89. The molecule has 2 aromatic rings. The number of nitrogens with zero attached hydrogens (tertiary/aromatic N) is 2. The number of carbonyl (C=O) groups excluding carboxylic acids is 2. The molecule has 1 heterocycles. The molecular formula is C25H30F5N5O5. The molecule has 0 radical (unpaired) electrons. The molecule has 0 aliphatic carbocycles. The molecule has 2 rings (SSSR count). The van der Waals surface area contributed by atoms with Crippen LogP contribution < -0.4 is 26.8 Å². The lowest BCUT2D eigenvalue weighted by atomic mass is 10.2. The zero-order chi connectivity index (χ0) is 30.0. The van der Waals surface area contributed by atoms with Crippen molar-refractivity contribution >= 4 is 17.7 Å². The molecule has 0 spiro atoms. The van der Waals surface area contributed by atoms with Crippen LogP contribution in [0, 0.1) is 5.82 Å². The zero-order valence-electron chi connectivity index (χ0n) is 21.9. The lowest BCUT2D eigenvalue weighted by molar-refractivity contribution is -0.274. The summed E-state index contributed by atoms with van der Waals surface area (Å²) in [6.07, 6.45) is -5.64. The Bertz CT molecular complexity index is 1270. The van der Waals surface area contributed by atoms with Gasteiger partial charge >= 0.3 is 12.5 Å². The van der Waals surface area contributed by atoms with Gasteiger partial charge in [0.1, 0.15) is 11.9 Å². The van der Waals surface area contributed by atoms with Gasteiger partial charge in [0, 0.05) is 31.1 Å². The minimum absolute atomic E-state index is 0.0924. The molecule has 0 bridgehead atoms. The molecule has 1 aromatic carbocycles. The Morgan fingerprint density at radius 3 is 2.58 bits per heavy atom. The number of nitrogens with one attached hydrogen (secondary N) is 2. The van der Waals surface area contributed by atoms with Gasteiger partial charge in [0.15, 0.2) is 0 Å². The number of anilines is 1. The van der Waals surface area contributed by atoms with E-state index in [2.05, 4.69) is 15.4 Å². The van der Waals surface area contributed by atoms with Crippen molar-refractivity contribution in [2.24, 2.45) is 5.84 Å². The van der Waals surface area contributed by atoms with Crippen LogP contribution in [0.1, 0.15) is 32.8 Å². The maximum Gasteiger partial charge on any atom is 0.573 e. The lowest BCUT2D eigenvalue weighted by Gasteiger charge is -2.18. The fraction of sp³-hybridized carbons (Fsp3) is 0.400. The van der Waals surface area contributed by atoms with Gasteiger partial charge in [-0.1, -0.05) is 12.1 Å². The van der Waals surface area contributed by atoms with Gasteiger partial charge in [-0.3, -0.25) is 14.9 Å². The molecule has 40 heavy (non-hydrogen) atoms. The van der Waals surface area contributed by atoms with Gasteiger partial charge in [-0.2, -0.15) is 4.39 Å². The molecular weight excluding hydrogens is 545 g/mol. The summed E-state index contributed by atoms with van der Waals surface area (Å²) in [5.41, 5.74) is -1.00. The topological polar surface area (TPSA) is 128 Å². The van der Waals surface area contributed by atoms with E-state index in [-0.39, 0.29) is 37.3 Å². The number of hydrazine groups is 1. The Morgan fingerprint density at radius 2 is 1.93 bits per heavy atom. The average molecular weight is 576 g/mol. The van der Waals surface area contributed by atoms with Crippen molar-refractivity contribution in [2.75, 3.05) is 11.9 Å². The van der Waals surface area contributed by atoms with Crippen molar-refractivity contribution in [1.82, 2.24) is 14.9 Å². The molecule has 4 N–H and O–H groups in total. The van der Waals surface area contributed by atoms with Crippen molar-refractivity contribution in [2.45, 2.75) is 58.9 Å². The number of pyridine rings is 1. The minimum atomic E-state index is -4.85. The first-order valence-corrected chi connectivity index (χ1v) is 12.0. The highest BCUT2D eigenvalue weighted by molar-refractivity contribution is 5.92. The van der Waals surface area contributed by atoms with Crippen molar-refractivity contribution in [1.29, 1.82) is 0 Å². The zero-order valence-corrected chi connectivity index (χ0v) is 21.9. The van der Waals surface area contributed by atoms with Gasteiger partial charge in [0.25, 0.3) is 5.56 Å². The number of alkyl halides is 4. The number of hydrogen-bond acceptors (Lipinski definition) is 7. The van der Waals surface area contributed by atoms with E-state index < -0.39 is 47.8 Å². The average Bonchev–Trinajstić information content (AvgIpc) is 2.83. The molecule has 0 aliphatic heterocycles. The number of nitrogens with two attached hydrogens (primary N) is 1. The van der Waals surface area contributed by atoms with Crippen molar-refractivity contribution in [3.63, 3.8) is 0 Å². The summed E-state index contributed by atoms with van der Waals surface area (Å²) in [5, 5.41) is 5.55. The molecule has 220 valence electrons. The van der Waals surface area contributed by atoms with E-state index in [4.69, 9.17) is 10.6 Å². The number of ether oxygens (including phenoxy) is 2. The number of hydrogen-bond donors (Lipinski definition) is 3. The van der Waals surface area contributed by atoms with Crippen LogP contribution in [0.3, 0.4) is 0 Å². The van der Waals surface area contributed by atoms with E-state index in [1.807, 2.05) is 0 Å². The smallest absolute Gasteiger partial charge is 0.447 e. The third-order valence-corrected chi connectivity index (χ3v) is 5.08. The third kappa shape index (κ3) is 10.9. The molecule has 0 saturated carbocycles. The first-order chi connectivity index (χ1) is 18.6. The van der Waals surface area contributed by atoms with E-state index in [0.717, 1.165) is 27.8 Å². The maximum absolute atomic E-state index is 14.5. The number of aromatic nitrogens is 1. The second-order valence-electron chi connectivity index (χ2n) is 8.89. The molecule has 1 aromatic heterocycles. The number of halogens is 5. The Hall–Kier alpha value is -4.14. The minimum Gasteiger partial charge on any atom is -0.447 e. The fourth-order valence-electron chi connectivity index (χ4n) is 3.31. The summed E-state index contributed by atoms with van der Waals surface area (Å²) in [5.74, 6) is 3.49. The summed E-state index contributed by atoms with van der Waals surface area (Å²) in [6, 6.07) is 6.22. The predicted octanol–water partition coefficient (Wildman–Crippen LogP) is 3.97. The maximum atomic E-state index is 14.5. The highest BCUT2D eigenvalue weighted by Crippen LogP contribution is 2.23. The van der Waals surface area contributed by atoms with E-state index in [1.165, 1.54) is 31.5 Å². The first-order valence-electron chi connectivity index (χ1n) is 12.0. The molecule has 1 atom stereocenters. The Balaban J connectivity index is 1.86. The Labute approximate surface area is 226 Å². The summed E-state index contributed by atoms with van der Waals surface area (Å²) in [7, 11) is 0. The van der Waals surface area contributed by atoms with Gasteiger partial charge in [0.2, 0.25) is 11.7 Å². The number of rotatable bonds is 12. The van der Waals surface area contributed by atoms with Crippen molar-refractivity contribution in [3.05, 3.63) is 70.0 Å². The fourth-order valence-corrected chi connectivity index (χ4v) is 3.31. The molecule has 0 saturated heterocycles. The van der Waals surface area contributed by atoms with Gasteiger partial charge < -0.3 is 24.4 Å². The van der Waals surface area contributed by atoms with Crippen LogP contribution >= 0.6 is 0 Å². The molecule has 1 unspecified atom stereocenters. The Morgan fingerprint density at radius 1 is 1.23 bits per heavy atom. The van der Waals surface area contributed by atoms with E-state index in [1.54, 1.807) is 13.8 Å². The number of benzene rings is 1. The lowest BCUT2D eigenvalue weighted by Crippen LogP contribution is -2.34. The van der Waals surface area contributed by atoms with E-state index in [0.29, 0.717) is 5.56 Å². The van der Waals surface area contributed by atoms with Crippen LogP contribution in [0.25, 0.3) is 0 Å². The van der Waals surface area contributed by atoms with Gasteiger partial charge in [0.05, 0.1) is 18.3 Å². The summed E-state index contributed by atoms with van der Waals surface area (Å²) >= 11 is 0. The number of carbonyl (C=O) groups is 2. The summed E-state index contributed by atoms with van der Waals surface area (Å²) in [4.78, 5) is 36.1. The van der Waals surface area contributed by atoms with Crippen LogP contribution in [0.5, 0.6) is 5.75 Å². The molecule has 0 aliphatic rings. The predicted molar refractivity (Wildman–Crippen MR) is 135 cm³/mol. The van der Waals surface area contributed by atoms with Crippen molar-refractivity contribution < 1.29 is 41.0 Å². The van der Waals surface area contributed by atoms with Gasteiger partial charge in [-0.15, -0.1) is 13.2 Å². The van der Waals surface area contributed by atoms with Crippen molar-refractivity contribution in [3.8, 4) is 5.75 Å². The third-order valence-electron chi connectivity index (χ3n) is 5.08. The molecule has 15 heteroatoms. The monoisotopic (exact) mass is 575 g/mol. The number of aryl methyl sites for hydroxylation is 1. The van der Waals surface area contributed by atoms with Crippen LogP contribution in [0.4, 0.5) is 32.4 Å². The standard InChI is InChI=1S/C25H30F5N5O5/c1-15(2)39-24(38)33-20-8-10-34(23(37)21(20)27)9-7-18(26)14-35(31)13-16(3)22(36)32-12-17-5-4-6-19(11-17)40-25(28,29)30/h4-6,8,10-11,13,15,18H,7,9,12,14,31H2,1-3H3,(H,32,36)(H,33,38)/b16-13+. The second kappa shape index (κ2) is 14.3. The Kier molecular flexibility index (Phi) is 11.5. The van der Waals surface area contributed by atoms with E-state index in [9.17, 15) is 36.3 Å². The largest absolute Gasteiger partial charge is 0.573 e. The van der Waals surface area contributed by atoms with Crippen LogP contribution in [-0.4, -0.2) is 46.8 Å². The van der Waals surface area contributed by atoms with Crippen LogP contribution in [-0.2, 0) is 22.6 Å². The molecule has 2 amide bonds. The van der Waals surface area contributed by atoms with Gasteiger partial charge in [-0.25, -0.2) is 15.0 Å². The summed E-state index contributed by atoms with van der Waals surface area (Å²) in [6.45, 7) is 3.94. The quantitative estimate of drug-likeness (QED) is 0.151. The number of amides is 2. The van der Waals surface area contributed by atoms with E-state index >= 15 is 0 Å². The first kappa shape index (κ1) is 32.1. The highest BCUT2D eigenvalue weighted by atomic mass is 19.4. The molecule has 10 nitrogen and oxygen atoms in total. The van der Waals surface area contributed by atoms with Crippen LogP contribution in [0.15, 0.2) is 53.1 Å².